The Morgan fingerprint density at radius 2 is 1.03 bits per heavy atom. The minimum Gasteiger partial charge on any atom is -0.310 e. The van der Waals surface area contributed by atoms with Crippen molar-refractivity contribution in [2.24, 2.45) is 0 Å². The summed E-state index contributed by atoms with van der Waals surface area (Å²) in [5.41, 5.74) is 11.2. The van der Waals surface area contributed by atoms with Crippen molar-refractivity contribution >= 4 is 17.1 Å². The van der Waals surface area contributed by atoms with Gasteiger partial charge in [0.1, 0.15) is 0 Å². The molecule has 0 amide bonds. The molecule has 1 nitrogen and oxygen atoms in total. The van der Waals surface area contributed by atoms with Gasteiger partial charge in [0.25, 0.3) is 0 Å². The third-order valence-electron chi connectivity index (χ3n) is 5.38. The van der Waals surface area contributed by atoms with Gasteiger partial charge >= 0.3 is 0 Å². The summed E-state index contributed by atoms with van der Waals surface area (Å²) in [6, 6.07) is 32.9. The zero-order valence-electron chi connectivity index (χ0n) is 17.6. The van der Waals surface area contributed by atoms with E-state index in [1.165, 1.54) is 50.4 Å². The van der Waals surface area contributed by atoms with Gasteiger partial charge in [-0.15, -0.1) is 0 Å². The highest BCUT2D eigenvalue weighted by Gasteiger charge is 2.14. The SMILES string of the molecule is Cc1ccc(N(c2ccc(C)cc2)c2ccc(-c3cccc(C)c3)c(C)c2)cc1. The summed E-state index contributed by atoms with van der Waals surface area (Å²) < 4.78 is 0. The van der Waals surface area contributed by atoms with Crippen LogP contribution in [-0.4, -0.2) is 0 Å². The molecule has 0 aliphatic carbocycles. The molecule has 0 saturated heterocycles. The molecule has 0 unspecified atom stereocenters. The average Bonchev–Trinajstić information content (AvgIpc) is 2.71. The maximum absolute atomic E-state index is 2.33. The molecular formula is C28H27N. The number of aryl methyl sites for hydroxylation is 4. The quantitative estimate of drug-likeness (QED) is 0.347. The highest BCUT2D eigenvalue weighted by molar-refractivity contribution is 5.79. The highest BCUT2D eigenvalue weighted by Crippen LogP contribution is 2.37. The van der Waals surface area contributed by atoms with E-state index in [9.17, 15) is 0 Å². The molecule has 0 bridgehead atoms. The lowest BCUT2D eigenvalue weighted by atomic mass is 9.98. The fourth-order valence-electron chi connectivity index (χ4n) is 3.76. The van der Waals surface area contributed by atoms with E-state index in [0.29, 0.717) is 0 Å². The molecule has 0 aromatic heterocycles. The normalized spacial score (nSPS) is 10.8. The average molecular weight is 378 g/mol. The molecule has 0 aliphatic heterocycles. The van der Waals surface area contributed by atoms with Crippen LogP contribution in [0.15, 0.2) is 91.0 Å². The molecule has 0 atom stereocenters. The van der Waals surface area contributed by atoms with E-state index in [1.807, 2.05) is 0 Å². The monoisotopic (exact) mass is 377 g/mol. The van der Waals surface area contributed by atoms with Crippen LogP contribution in [0, 0.1) is 27.7 Å². The largest absolute Gasteiger partial charge is 0.310 e. The first-order valence-corrected chi connectivity index (χ1v) is 10.1. The van der Waals surface area contributed by atoms with E-state index in [1.54, 1.807) is 0 Å². The summed E-state index contributed by atoms with van der Waals surface area (Å²) in [6.45, 7) is 8.59. The van der Waals surface area contributed by atoms with Crippen molar-refractivity contribution in [1.29, 1.82) is 0 Å². The Morgan fingerprint density at radius 1 is 0.483 bits per heavy atom. The van der Waals surface area contributed by atoms with Crippen molar-refractivity contribution < 1.29 is 0 Å². The van der Waals surface area contributed by atoms with Crippen LogP contribution >= 0.6 is 0 Å². The fourth-order valence-corrected chi connectivity index (χ4v) is 3.76. The van der Waals surface area contributed by atoms with Crippen LogP contribution in [0.2, 0.25) is 0 Å². The number of anilines is 3. The minimum atomic E-state index is 1.17. The van der Waals surface area contributed by atoms with Gasteiger partial charge in [0.15, 0.2) is 0 Å². The first-order chi connectivity index (χ1) is 14.0. The second kappa shape index (κ2) is 7.97. The van der Waals surface area contributed by atoms with E-state index in [4.69, 9.17) is 0 Å². The van der Waals surface area contributed by atoms with Crippen LogP contribution < -0.4 is 4.90 Å². The molecule has 0 spiro atoms. The molecule has 0 heterocycles. The maximum atomic E-state index is 2.33. The molecule has 4 aromatic rings. The summed E-state index contributed by atoms with van der Waals surface area (Å²) in [6.07, 6.45) is 0. The third kappa shape index (κ3) is 4.09. The molecule has 0 radical (unpaired) electrons. The summed E-state index contributed by atoms with van der Waals surface area (Å²) >= 11 is 0. The van der Waals surface area contributed by atoms with Crippen molar-refractivity contribution in [3.05, 3.63) is 113 Å². The summed E-state index contributed by atoms with van der Waals surface area (Å²) in [5.74, 6) is 0. The molecule has 4 aromatic carbocycles. The van der Waals surface area contributed by atoms with E-state index in [0.717, 1.165) is 0 Å². The standard InChI is InChI=1S/C28H27N/c1-20-8-12-25(13-9-20)29(26-14-10-21(2)11-15-26)27-16-17-28(23(4)19-27)24-7-5-6-22(3)18-24/h5-19H,1-4H3. The number of rotatable bonds is 4. The number of hydrogen-bond donors (Lipinski definition) is 0. The van der Waals surface area contributed by atoms with Crippen LogP contribution in [-0.2, 0) is 0 Å². The van der Waals surface area contributed by atoms with E-state index >= 15 is 0 Å². The Hall–Kier alpha value is -3.32. The lowest BCUT2D eigenvalue weighted by Gasteiger charge is -2.26. The number of nitrogens with zero attached hydrogens (tertiary/aromatic N) is 1. The summed E-state index contributed by atoms with van der Waals surface area (Å²) in [7, 11) is 0. The maximum Gasteiger partial charge on any atom is 0.0464 e. The van der Waals surface area contributed by atoms with E-state index < -0.39 is 0 Å². The van der Waals surface area contributed by atoms with Crippen molar-refractivity contribution in [3.63, 3.8) is 0 Å². The predicted molar refractivity (Wildman–Crippen MR) is 126 cm³/mol. The van der Waals surface area contributed by atoms with Gasteiger partial charge in [-0.2, -0.15) is 0 Å². The summed E-state index contributed by atoms with van der Waals surface area (Å²) in [5, 5.41) is 0. The van der Waals surface area contributed by atoms with Crippen molar-refractivity contribution in [3.8, 4) is 11.1 Å². The van der Waals surface area contributed by atoms with Crippen LogP contribution in [0.3, 0.4) is 0 Å². The Kier molecular flexibility index (Phi) is 5.22. The van der Waals surface area contributed by atoms with Gasteiger partial charge in [-0.3, -0.25) is 0 Å². The molecular weight excluding hydrogens is 350 g/mol. The smallest absolute Gasteiger partial charge is 0.0464 e. The van der Waals surface area contributed by atoms with Gasteiger partial charge in [-0.25, -0.2) is 0 Å². The lowest BCUT2D eigenvalue weighted by Crippen LogP contribution is -2.10. The predicted octanol–water partition coefficient (Wildman–Crippen LogP) is 8.06. The molecule has 0 fully saturated rings. The molecule has 29 heavy (non-hydrogen) atoms. The first kappa shape index (κ1) is 19.0. The Balaban J connectivity index is 1.81. The van der Waals surface area contributed by atoms with Gasteiger partial charge in [0.2, 0.25) is 0 Å². The second-order valence-corrected chi connectivity index (χ2v) is 7.88. The summed E-state index contributed by atoms with van der Waals surface area (Å²) in [4.78, 5) is 2.33. The topological polar surface area (TPSA) is 3.24 Å². The van der Waals surface area contributed by atoms with E-state index in [-0.39, 0.29) is 0 Å². The van der Waals surface area contributed by atoms with Crippen molar-refractivity contribution in [2.75, 3.05) is 4.90 Å². The second-order valence-electron chi connectivity index (χ2n) is 7.88. The molecule has 144 valence electrons. The molecule has 0 saturated carbocycles. The molecule has 0 aliphatic rings. The highest BCUT2D eigenvalue weighted by atomic mass is 15.1. The number of hydrogen-bond acceptors (Lipinski definition) is 1. The van der Waals surface area contributed by atoms with Crippen LogP contribution in [0.25, 0.3) is 11.1 Å². The third-order valence-corrected chi connectivity index (χ3v) is 5.38. The first-order valence-electron chi connectivity index (χ1n) is 10.1. The van der Waals surface area contributed by atoms with Crippen LogP contribution in [0.1, 0.15) is 22.3 Å². The zero-order chi connectivity index (χ0) is 20.4. The van der Waals surface area contributed by atoms with Crippen molar-refractivity contribution in [2.45, 2.75) is 27.7 Å². The van der Waals surface area contributed by atoms with E-state index in [2.05, 4.69) is 124 Å². The van der Waals surface area contributed by atoms with Gasteiger partial charge < -0.3 is 4.90 Å². The van der Waals surface area contributed by atoms with Gasteiger partial charge in [0, 0.05) is 17.1 Å². The lowest BCUT2D eigenvalue weighted by molar-refractivity contribution is 1.26. The number of benzene rings is 4. The molecule has 4 rings (SSSR count). The Bertz CT molecular complexity index is 1080. The molecule has 0 N–H and O–H groups in total. The Morgan fingerprint density at radius 3 is 1.55 bits per heavy atom. The van der Waals surface area contributed by atoms with Crippen LogP contribution in [0.4, 0.5) is 17.1 Å². The Labute approximate surface area is 174 Å². The van der Waals surface area contributed by atoms with Gasteiger partial charge in [-0.1, -0.05) is 71.3 Å². The minimum absolute atomic E-state index is 1.17. The fraction of sp³-hybridized carbons (Fsp3) is 0.143. The van der Waals surface area contributed by atoms with Crippen LogP contribution in [0.5, 0.6) is 0 Å². The van der Waals surface area contributed by atoms with Crippen molar-refractivity contribution in [1.82, 2.24) is 0 Å². The van der Waals surface area contributed by atoms with Gasteiger partial charge in [-0.05, 0) is 80.8 Å². The molecule has 1 heteroatoms. The van der Waals surface area contributed by atoms with Gasteiger partial charge in [0.05, 0.1) is 0 Å². The zero-order valence-corrected chi connectivity index (χ0v) is 17.6.